The fraction of sp³-hybridized carbons (Fsp3) is 1.00. The predicted molar refractivity (Wildman–Crippen MR) is 32.6 cm³/mol. The van der Waals surface area contributed by atoms with Crippen molar-refractivity contribution in [3.63, 3.8) is 0 Å². The quantitative estimate of drug-likeness (QED) is 0.336. The third-order valence-corrected chi connectivity index (χ3v) is 1.37. The summed E-state index contributed by atoms with van der Waals surface area (Å²) in [6.45, 7) is 0.734. The van der Waals surface area contributed by atoms with Crippen molar-refractivity contribution in [3.8, 4) is 0 Å². The molecule has 0 aromatic carbocycles. The molecule has 0 aromatic rings. The summed E-state index contributed by atoms with van der Waals surface area (Å²) in [6.07, 6.45) is 2.48. The first kappa shape index (κ1) is 6.48. The zero-order valence-corrected chi connectivity index (χ0v) is 5.17. The van der Waals surface area contributed by atoms with Crippen LogP contribution in [0.3, 0.4) is 0 Å². The maximum absolute atomic E-state index is 9.74. The van der Waals surface area contributed by atoms with Gasteiger partial charge in [0.2, 0.25) is 0 Å². The second kappa shape index (κ2) is 2.77. The van der Waals surface area contributed by atoms with Gasteiger partial charge in [0.1, 0.15) is 0 Å². The molecule has 4 nitrogen and oxygen atoms in total. The van der Waals surface area contributed by atoms with E-state index in [1.54, 1.807) is 0 Å². The zero-order chi connectivity index (χ0) is 6.69. The van der Waals surface area contributed by atoms with Gasteiger partial charge in [0.05, 0.1) is 0 Å². The van der Waals surface area contributed by atoms with Gasteiger partial charge in [0.15, 0.2) is 0 Å². The molecule has 1 fully saturated rings. The highest BCUT2D eigenvalue weighted by Crippen LogP contribution is 2.27. The Labute approximate surface area is 53.4 Å². The molecule has 4 heteroatoms. The van der Waals surface area contributed by atoms with E-state index in [9.17, 15) is 10.1 Å². The highest BCUT2D eigenvalue weighted by atomic mass is 16.6. The van der Waals surface area contributed by atoms with E-state index in [-0.39, 0.29) is 11.6 Å². The summed E-state index contributed by atoms with van der Waals surface area (Å²) in [7, 11) is 0. The average Bonchev–Trinajstić information content (AvgIpc) is 2.48. The monoisotopic (exact) mass is 130 g/mol. The molecule has 0 aromatic heterocycles. The molecule has 0 aliphatic heterocycles. The molecule has 1 rings (SSSR count). The van der Waals surface area contributed by atoms with Crippen LogP contribution in [0, 0.1) is 16.0 Å². The van der Waals surface area contributed by atoms with Gasteiger partial charge in [-0.1, -0.05) is 0 Å². The maximum Gasteiger partial charge on any atom is 0.256 e. The van der Waals surface area contributed by atoms with Gasteiger partial charge in [0, 0.05) is 11.5 Å². The van der Waals surface area contributed by atoms with E-state index in [1.807, 2.05) is 0 Å². The van der Waals surface area contributed by atoms with Gasteiger partial charge in [-0.15, -0.1) is 0 Å². The smallest absolute Gasteiger partial charge is 0.256 e. The first-order chi connectivity index (χ1) is 4.29. The van der Waals surface area contributed by atoms with Crippen molar-refractivity contribution in [3.05, 3.63) is 10.1 Å². The van der Waals surface area contributed by atoms with Gasteiger partial charge in [-0.3, -0.25) is 15.4 Å². The molecular formula is C5H10N2O2. The standard InChI is InChI=1S/C5H10N2O2/c8-7(9)4-6-3-5-1-2-5/h5-6H,1-4H2. The van der Waals surface area contributed by atoms with Crippen LogP contribution in [0.4, 0.5) is 0 Å². The molecule has 1 saturated carbocycles. The lowest BCUT2D eigenvalue weighted by Gasteiger charge is -1.94. The zero-order valence-electron chi connectivity index (χ0n) is 5.17. The third-order valence-electron chi connectivity index (χ3n) is 1.37. The molecule has 0 unspecified atom stereocenters. The van der Waals surface area contributed by atoms with Gasteiger partial charge in [-0.25, -0.2) is 0 Å². The summed E-state index contributed by atoms with van der Waals surface area (Å²) in [4.78, 5) is 9.40. The van der Waals surface area contributed by atoms with E-state index in [4.69, 9.17) is 0 Å². The Morgan fingerprint density at radius 2 is 2.33 bits per heavy atom. The summed E-state index contributed by atoms with van der Waals surface area (Å²) in [5, 5.41) is 12.5. The third kappa shape index (κ3) is 3.03. The van der Waals surface area contributed by atoms with E-state index < -0.39 is 0 Å². The summed E-state index contributed by atoms with van der Waals surface area (Å²) in [5.74, 6) is 0.727. The van der Waals surface area contributed by atoms with Crippen molar-refractivity contribution in [2.75, 3.05) is 13.2 Å². The number of hydrogen-bond donors (Lipinski definition) is 1. The number of rotatable bonds is 4. The van der Waals surface area contributed by atoms with Crippen LogP contribution in [0.25, 0.3) is 0 Å². The summed E-state index contributed by atoms with van der Waals surface area (Å²) in [5.41, 5.74) is 0. The van der Waals surface area contributed by atoms with Crippen molar-refractivity contribution < 1.29 is 4.92 Å². The van der Waals surface area contributed by atoms with Gasteiger partial charge in [-0.05, 0) is 18.8 Å². The molecule has 1 N–H and O–H groups in total. The Balaban J connectivity index is 1.86. The lowest BCUT2D eigenvalue weighted by Crippen LogP contribution is -2.23. The molecule has 0 amide bonds. The van der Waals surface area contributed by atoms with Crippen LogP contribution in [-0.4, -0.2) is 18.1 Å². The second-order valence-corrected chi connectivity index (χ2v) is 2.39. The lowest BCUT2D eigenvalue weighted by molar-refractivity contribution is -0.485. The molecular weight excluding hydrogens is 120 g/mol. The Morgan fingerprint density at radius 3 is 2.78 bits per heavy atom. The van der Waals surface area contributed by atoms with E-state index >= 15 is 0 Å². The van der Waals surface area contributed by atoms with Crippen molar-refractivity contribution in [2.24, 2.45) is 5.92 Å². The van der Waals surface area contributed by atoms with Gasteiger partial charge >= 0.3 is 0 Å². The Kier molecular flexibility index (Phi) is 2.00. The molecule has 1 aliphatic rings. The van der Waals surface area contributed by atoms with Crippen LogP contribution in [-0.2, 0) is 0 Å². The van der Waals surface area contributed by atoms with Crippen LogP contribution < -0.4 is 5.32 Å². The summed E-state index contributed by atoms with van der Waals surface area (Å²) < 4.78 is 0. The first-order valence-electron chi connectivity index (χ1n) is 3.11. The van der Waals surface area contributed by atoms with Crippen molar-refractivity contribution in [2.45, 2.75) is 12.8 Å². The Morgan fingerprint density at radius 1 is 1.67 bits per heavy atom. The average molecular weight is 130 g/mol. The number of nitrogens with zero attached hydrogens (tertiary/aromatic N) is 1. The van der Waals surface area contributed by atoms with Crippen molar-refractivity contribution in [1.82, 2.24) is 5.32 Å². The number of nitrogens with one attached hydrogen (secondary N) is 1. The van der Waals surface area contributed by atoms with Gasteiger partial charge in [0.25, 0.3) is 6.67 Å². The largest absolute Gasteiger partial charge is 0.263 e. The van der Waals surface area contributed by atoms with Crippen molar-refractivity contribution in [1.29, 1.82) is 0 Å². The van der Waals surface area contributed by atoms with Crippen LogP contribution >= 0.6 is 0 Å². The van der Waals surface area contributed by atoms with E-state index in [1.165, 1.54) is 12.8 Å². The summed E-state index contributed by atoms with van der Waals surface area (Å²) in [6, 6.07) is 0. The minimum atomic E-state index is -0.345. The van der Waals surface area contributed by atoms with E-state index in [0.29, 0.717) is 0 Å². The fourth-order valence-corrected chi connectivity index (χ4v) is 0.682. The van der Waals surface area contributed by atoms with E-state index in [2.05, 4.69) is 5.32 Å². The highest BCUT2D eigenvalue weighted by molar-refractivity contribution is 4.74. The van der Waals surface area contributed by atoms with Crippen LogP contribution in [0.15, 0.2) is 0 Å². The number of hydrogen-bond acceptors (Lipinski definition) is 3. The Hall–Kier alpha value is -0.640. The topological polar surface area (TPSA) is 55.2 Å². The lowest BCUT2D eigenvalue weighted by atomic mass is 10.4. The highest BCUT2D eigenvalue weighted by Gasteiger charge is 2.20. The molecule has 0 saturated heterocycles. The molecule has 52 valence electrons. The van der Waals surface area contributed by atoms with Crippen molar-refractivity contribution >= 4 is 0 Å². The SMILES string of the molecule is O=[N+]([O-])CNCC1CC1. The molecule has 0 radical (unpaired) electrons. The molecule has 1 aliphatic carbocycles. The molecule has 0 atom stereocenters. The second-order valence-electron chi connectivity index (χ2n) is 2.39. The Bertz CT molecular complexity index is 112. The molecule has 0 spiro atoms. The predicted octanol–water partition coefficient (Wildman–Crippen LogP) is 0.220. The number of nitro groups is 1. The molecule has 9 heavy (non-hydrogen) atoms. The minimum absolute atomic E-state index is 0.0868. The van der Waals surface area contributed by atoms with Crippen LogP contribution in [0.1, 0.15) is 12.8 Å². The maximum atomic E-state index is 9.74. The van der Waals surface area contributed by atoms with Crippen LogP contribution in [0.5, 0.6) is 0 Å². The van der Waals surface area contributed by atoms with Gasteiger partial charge in [-0.2, -0.15) is 0 Å². The molecule has 0 heterocycles. The molecule has 0 bridgehead atoms. The van der Waals surface area contributed by atoms with Crippen LogP contribution in [0.2, 0.25) is 0 Å². The minimum Gasteiger partial charge on any atom is -0.263 e. The normalized spacial score (nSPS) is 17.8. The fourth-order valence-electron chi connectivity index (χ4n) is 0.682. The summed E-state index contributed by atoms with van der Waals surface area (Å²) >= 11 is 0. The first-order valence-corrected chi connectivity index (χ1v) is 3.11. The van der Waals surface area contributed by atoms with E-state index in [0.717, 1.165) is 12.5 Å². The van der Waals surface area contributed by atoms with Gasteiger partial charge < -0.3 is 0 Å².